The highest BCUT2D eigenvalue weighted by Gasteiger charge is 2.35. The molecule has 3 rings (SSSR count). The van der Waals surface area contributed by atoms with Gasteiger partial charge in [0, 0.05) is 18.6 Å². The number of nitrogens with one attached hydrogen (secondary N) is 1. The molecule has 2 N–H and O–H groups in total. The van der Waals surface area contributed by atoms with E-state index in [4.69, 9.17) is 0 Å². The molecular weight excluding hydrogens is 264 g/mol. The molecule has 0 spiro atoms. The zero-order chi connectivity index (χ0) is 14.8. The number of benzene rings is 1. The Labute approximate surface area is 126 Å². The number of piperidine rings is 1. The predicted octanol–water partition coefficient (Wildman–Crippen LogP) is 2.45. The summed E-state index contributed by atoms with van der Waals surface area (Å²) in [5, 5.41) is 13.5. The number of nitrogens with zero attached hydrogens (tertiary/aromatic N) is 1. The van der Waals surface area contributed by atoms with Gasteiger partial charge >= 0.3 is 0 Å². The van der Waals surface area contributed by atoms with Crippen LogP contribution < -0.4 is 5.32 Å². The van der Waals surface area contributed by atoms with Gasteiger partial charge in [0.05, 0.1) is 5.56 Å². The van der Waals surface area contributed by atoms with E-state index in [9.17, 15) is 9.90 Å². The zero-order valence-electron chi connectivity index (χ0n) is 12.6. The lowest BCUT2D eigenvalue weighted by molar-refractivity contribution is 0.0714. The summed E-state index contributed by atoms with van der Waals surface area (Å²) in [5.41, 5.74) is 1.44. The van der Waals surface area contributed by atoms with Crippen LogP contribution in [0.25, 0.3) is 0 Å². The topological polar surface area (TPSA) is 52.6 Å². The van der Waals surface area contributed by atoms with Gasteiger partial charge in [0.15, 0.2) is 0 Å². The first-order chi connectivity index (χ1) is 10.1. The second-order valence-electron chi connectivity index (χ2n) is 6.36. The summed E-state index contributed by atoms with van der Waals surface area (Å²) in [6, 6.07) is 6.00. The minimum absolute atomic E-state index is 0.0222. The number of aryl methyl sites for hydroxylation is 1. The molecule has 2 fully saturated rings. The molecule has 2 aliphatic rings. The average molecular weight is 288 g/mol. The Bertz CT molecular complexity index is 520. The fourth-order valence-electron chi connectivity index (χ4n) is 3.08. The molecule has 1 amide bonds. The lowest BCUT2D eigenvalue weighted by atomic mass is 10.0. The third kappa shape index (κ3) is 3.38. The number of phenols is 1. The normalized spacial score (nSPS) is 22.0. The van der Waals surface area contributed by atoms with Gasteiger partial charge < -0.3 is 15.3 Å². The van der Waals surface area contributed by atoms with Crippen molar-refractivity contribution in [1.82, 2.24) is 10.2 Å². The summed E-state index contributed by atoms with van der Waals surface area (Å²) < 4.78 is 0. The Morgan fingerprint density at radius 2 is 2.14 bits per heavy atom. The lowest BCUT2D eigenvalue weighted by Gasteiger charge is -2.31. The Kier molecular flexibility index (Phi) is 4.15. The van der Waals surface area contributed by atoms with Crippen molar-refractivity contribution in [2.75, 3.05) is 13.1 Å². The van der Waals surface area contributed by atoms with Gasteiger partial charge in [-0.15, -0.1) is 0 Å². The average Bonchev–Trinajstić information content (AvgIpc) is 3.32. The summed E-state index contributed by atoms with van der Waals surface area (Å²) in [7, 11) is 0. The van der Waals surface area contributed by atoms with Gasteiger partial charge in [0.2, 0.25) is 0 Å². The van der Waals surface area contributed by atoms with Crippen molar-refractivity contribution in [1.29, 1.82) is 0 Å². The van der Waals surface area contributed by atoms with Crippen molar-refractivity contribution in [3.8, 4) is 5.75 Å². The van der Waals surface area contributed by atoms with E-state index in [0.717, 1.165) is 37.9 Å². The molecule has 1 atom stereocenters. The standard InChI is InChI=1S/C17H24N2O2/c1-12-5-8-16(20)15(10-12)17(21)19(14-6-7-14)11-13-4-2-3-9-18-13/h5,8,10,13-14,18,20H,2-4,6-7,9,11H2,1H3. The molecule has 4 heteroatoms. The Morgan fingerprint density at radius 1 is 1.33 bits per heavy atom. The van der Waals surface area contributed by atoms with Gasteiger partial charge in [-0.05, 0) is 51.3 Å². The third-order valence-electron chi connectivity index (χ3n) is 4.46. The van der Waals surface area contributed by atoms with Crippen LogP contribution in [0.5, 0.6) is 5.75 Å². The van der Waals surface area contributed by atoms with Crippen molar-refractivity contribution in [3.05, 3.63) is 29.3 Å². The molecule has 0 radical (unpaired) electrons. The molecule has 114 valence electrons. The third-order valence-corrected chi connectivity index (χ3v) is 4.46. The van der Waals surface area contributed by atoms with Gasteiger partial charge in [0.25, 0.3) is 5.91 Å². The molecule has 1 aliphatic carbocycles. The fraction of sp³-hybridized carbons (Fsp3) is 0.588. The first-order valence-corrected chi connectivity index (χ1v) is 7.99. The number of rotatable bonds is 4. The van der Waals surface area contributed by atoms with Crippen LogP contribution in [0.4, 0.5) is 0 Å². The van der Waals surface area contributed by atoms with Crippen LogP contribution in [0.1, 0.15) is 48.0 Å². The number of carbonyl (C=O) groups is 1. The molecule has 1 aromatic rings. The number of aromatic hydroxyl groups is 1. The van der Waals surface area contributed by atoms with E-state index in [2.05, 4.69) is 5.32 Å². The van der Waals surface area contributed by atoms with Crippen molar-refractivity contribution in [2.45, 2.75) is 51.1 Å². The van der Waals surface area contributed by atoms with Crippen LogP contribution in [0, 0.1) is 6.92 Å². The summed E-state index contributed by atoms with van der Waals surface area (Å²) >= 11 is 0. The number of hydrogen-bond acceptors (Lipinski definition) is 3. The predicted molar refractivity (Wildman–Crippen MR) is 82.5 cm³/mol. The molecule has 1 aliphatic heterocycles. The van der Waals surface area contributed by atoms with Gasteiger partial charge in [-0.25, -0.2) is 0 Å². The largest absolute Gasteiger partial charge is 0.507 e. The SMILES string of the molecule is Cc1ccc(O)c(C(=O)N(CC2CCCCN2)C2CC2)c1. The van der Waals surface area contributed by atoms with Crippen LogP contribution in [-0.2, 0) is 0 Å². The summed E-state index contributed by atoms with van der Waals surface area (Å²) in [5.74, 6) is 0.0685. The van der Waals surface area contributed by atoms with E-state index in [-0.39, 0.29) is 11.7 Å². The minimum atomic E-state index is -0.0222. The van der Waals surface area contributed by atoms with Gasteiger partial charge in [-0.2, -0.15) is 0 Å². The van der Waals surface area contributed by atoms with Crippen molar-refractivity contribution in [2.24, 2.45) is 0 Å². The summed E-state index contributed by atoms with van der Waals surface area (Å²) in [6.07, 6.45) is 5.78. The summed E-state index contributed by atoms with van der Waals surface area (Å²) in [4.78, 5) is 14.8. The molecule has 1 saturated carbocycles. The van der Waals surface area contributed by atoms with E-state index in [1.165, 1.54) is 12.8 Å². The molecule has 1 heterocycles. The van der Waals surface area contributed by atoms with E-state index in [0.29, 0.717) is 17.6 Å². The molecule has 4 nitrogen and oxygen atoms in total. The second-order valence-corrected chi connectivity index (χ2v) is 6.36. The van der Waals surface area contributed by atoms with E-state index < -0.39 is 0 Å². The van der Waals surface area contributed by atoms with Crippen LogP contribution in [0.15, 0.2) is 18.2 Å². The lowest BCUT2D eigenvalue weighted by Crippen LogP contribution is -2.46. The summed E-state index contributed by atoms with van der Waals surface area (Å²) in [6.45, 7) is 3.75. The van der Waals surface area contributed by atoms with E-state index >= 15 is 0 Å². The van der Waals surface area contributed by atoms with E-state index in [1.807, 2.05) is 17.9 Å². The van der Waals surface area contributed by atoms with E-state index in [1.54, 1.807) is 12.1 Å². The maximum atomic E-state index is 12.8. The highest BCUT2D eigenvalue weighted by atomic mass is 16.3. The maximum absolute atomic E-state index is 12.8. The maximum Gasteiger partial charge on any atom is 0.257 e. The van der Waals surface area contributed by atoms with Gasteiger partial charge in [0.1, 0.15) is 5.75 Å². The van der Waals surface area contributed by atoms with Crippen LogP contribution in [0.2, 0.25) is 0 Å². The Morgan fingerprint density at radius 3 is 2.81 bits per heavy atom. The highest BCUT2D eigenvalue weighted by molar-refractivity contribution is 5.97. The van der Waals surface area contributed by atoms with Crippen molar-refractivity contribution >= 4 is 5.91 Å². The molecule has 0 aromatic heterocycles. The van der Waals surface area contributed by atoms with Crippen molar-refractivity contribution in [3.63, 3.8) is 0 Å². The van der Waals surface area contributed by atoms with Crippen LogP contribution in [0.3, 0.4) is 0 Å². The van der Waals surface area contributed by atoms with Gasteiger partial charge in [-0.1, -0.05) is 18.1 Å². The molecule has 1 unspecified atom stereocenters. The fourth-order valence-corrected chi connectivity index (χ4v) is 3.08. The number of hydrogen-bond donors (Lipinski definition) is 2. The number of amides is 1. The molecule has 0 bridgehead atoms. The van der Waals surface area contributed by atoms with Crippen LogP contribution in [-0.4, -0.2) is 41.1 Å². The van der Waals surface area contributed by atoms with Gasteiger partial charge in [-0.3, -0.25) is 4.79 Å². The molecular formula is C17H24N2O2. The first kappa shape index (κ1) is 14.4. The monoisotopic (exact) mass is 288 g/mol. The molecule has 1 aromatic carbocycles. The smallest absolute Gasteiger partial charge is 0.257 e. The minimum Gasteiger partial charge on any atom is -0.507 e. The zero-order valence-corrected chi connectivity index (χ0v) is 12.6. The Balaban J connectivity index is 1.76. The van der Waals surface area contributed by atoms with Crippen molar-refractivity contribution < 1.29 is 9.90 Å². The number of carbonyl (C=O) groups excluding carboxylic acids is 1. The number of phenolic OH excluding ortho intramolecular Hbond substituents is 1. The molecule has 1 saturated heterocycles. The Hall–Kier alpha value is -1.55. The first-order valence-electron chi connectivity index (χ1n) is 7.99. The highest BCUT2D eigenvalue weighted by Crippen LogP contribution is 2.31. The quantitative estimate of drug-likeness (QED) is 0.895. The second kappa shape index (κ2) is 6.06. The molecule has 21 heavy (non-hydrogen) atoms. The van der Waals surface area contributed by atoms with Crippen LogP contribution >= 0.6 is 0 Å².